The number of rotatable bonds is 0. The minimum absolute atomic E-state index is 0.217. The highest BCUT2D eigenvalue weighted by Crippen LogP contribution is 2.17. The Balaban J connectivity index is 2.75. The minimum Gasteiger partial charge on any atom is -0.291 e. The Morgan fingerprint density at radius 1 is 1.27 bits per heavy atom. The van der Waals surface area contributed by atoms with Crippen LogP contribution in [0.1, 0.15) is 6.42 Å². The lowest BCUT2D eigenvalue weighted by atomic mass is 10.4. The molecule has 0 aromatic carbocycles. The molecular formula is C6H7F3N2. The van der Waals surface area contributed by atoms with E-state index in [4.69, 9.17) is 0 Å². The van der Waals surface area contributed by atoms with Gasteiger partial charge in [0.25, 0.3) is 0 Å². The van der Waals surface area contributed by atoms with Gasteiger partial charge in [0, 0.05) is 13.1 Å². The maximum absolute atomic E-state index is 11.9. The summed E-state index contributed by atoms with van der Waals surface area (Å²) >= 11 is 0. The van der Waals surface area contributed by atoms with Gasteiger partial charge >= 0.3 is 6.18 Å². The predicted molar refractivity (Wildman–Crippen MR) is 36.3 cm³/mol. The van der Waals surface area contributed by atoms with E-state index in [2.05, 4.69) is 9.98 Å². The van der Waals surface area contributed by atoms with E-state index in [-0.39, 0.29) is 6.54 Å². The van der Waals surface area contributed by atoms with Crippen LogP contribution in [0.3, 0.4) is 0 Å². The Hall–Kier alpha value is -0.870. The van der Waals surface area contributed by atoms with Gasteiger partial charge in [-0.1, -0.05) is 0 Å². The molecule has 0 unspecified atom stereocenters. The van der Waals surface area contributed by atoms with Crippen molar-refractivity contribution in [1.29, 1.82) is 0 Å². The molecule has 62 valence electrons. The summed E-state index contributed by atoms with van der Waals surface area (Å²) in [6.45, 7) is 0.651. The molecule has 0 amide bonds. The Morgan fingerprint density at radius 3 is 2.64 bits per heavy atom. The summed E-state index contributed by atoms with van der Waals surface area (Å²) in [6.07, 6.45) is -2.95. The third kappa shape index (κ3) is 2.32. The molecule has 0 spiro atoms. The normalized spacial score (nSPS) is 19.4. The van der Waals surface area contributed by atoms with Crippen LogP contribution in [0.15, 0.2) is 9.98 Å². The highest BCUT2D eigenvalue weighted by molar-refractivity contribution is 6.33. The van der Waals surface area contributed by atoms with Crippen molar-refractivity contribution in [2.75, 3.05) is 13.1 Å². The first kappa shape index (κ1) is 8.23. The Bertz CT molecular complexity index is 192. The Kier molecular flexibility index (Phi) is 2.26. The molecule has 0 saturated heterocycles. The van der Waals surface area contributed by atoms with Crippen molar-refractivity contribution >= 4 is 11.9 Å². The summed E-state index contributed by atoms with van der Waals surface area (Å²) in [5.41, 5.74) is -0.866. The van der Waals surface area contributed by atoms with E-state index in [9.17, 15) is 13.2 Å². The molecule has 0 radical (unpaired) electrons. The molecule has 1 rings (SSSR count). The maximum Gasteiger partial charge on any atom is 0.434 e. The minimum atomic E-state index is -4.34. The topological polar surface area (TPSA) is 24.7 Å². The van der Waals surface area contributed by atoms with Crippen LogP contribution in [0.5, 0.6) is 0 Å². The zero-order chi connectivity index (χ0) is 8.32. The molecule has 0 aromatic heterocycles. The van der Waals surface area contributed by atoms with E-state index in [1.807, 2.05) is 0 Å². The molecule has 11 heavy (non-hydrogen) atoms. The predicted octanol–water partition coefficient (Wildman–Crippen LogP) is 1.46. The second-order valence-electron chi connectivity index (χ2n) is 2.15. The van der Waals surface area contributed by atoms with Gasteiger partial charge in [-0.3, -0.25) is 9.98 Å². The average Bonchev–Trinajstić information content (AvgIpc) is 2.10. The van der Waals surface area contributed by atoms with Crippen molar-refractivity contribution in [3.8, 4) is 0 Å². The first-order valence-electron chi connectivity index (χ1n) is 3.22. The number of halogens is 3. The molecule has 0 bridgehead atoms. The molecule has 2 nitrogen and oxygen atoms in total. The van der Waals surface area contributed by atoms with Gasteiger partial charge in [-0.25, -0.2) is 0 Å². The second kappa shape index (κ2) is 3.02. The average molecular weight is 164 g/mol. The largest absolute Gasteiger partial charge is 0.434 e. The van der Waals surface area contributed by atoms with Crippen LogP contribution < -0.4 is 0 Å². The third-order valence-electron chi connectivity index (χ3n) is 1.23. The molecule has 0 fully saturated rings. The molecule has 0 aromatic rings. The summed E-state index contributed by atoms with van der Waals surface area (Å²) in [5, 5.41) is 0. The Labute approximate surface area is 61.8 Å². The smallest absolute Gasteiger partial charge is 0.291 e. The zero-order valence-electron chi connectivity index (χ0n) is 5.73. The number of alkyl halides is 3. The SMILES string of the molecule is FC(F)(F)C1=NCCCN=C1. The molecule has 1 aliphatic rings. The van der Waals surface area contributed by atoms with Crippen molar-refractivity contribution in [1.82, 2.24) is 0 Å². The van der Waals surface area contributed by atoms with Crippen molar-refractivity contribution in [3.63, 3.8) is 0 Å². The molecule has 0 saturated carbocycles. The van der Waals surface area contributed by atoms with Crippen molar-refractivity contribution in [2.24, 2.45) is 9.98 Å². The fourth-order valence-electron chi connectivity index (χ4n) is 0.716. The monoisotopic (exact) mass is 164 g/mol. The van der Waals surface area contributed by atoms with Crippen LogP contribution in [0.2, 0.25) is 0 Å². The lowest BCUT2D eigenvalue weighted by molar-refractivity contribution is -0.0565. The highest BCUT2D eigenvalue weighted by atomic mass is 19.4. The van der Waals surface area contributed by atoms with Gasteiger partial charge in [0.05, 0.1) is 6.21 Å². The summed E-state index contributed by atoms with van der Waals surface area (Å²) in [5.74, 6) is 0. The van der Waals surface area contributed by atoms with Gasteiger partial charge in [0.15, 0.2) is 5.71 Å². The van der Waals surface area contributed by atoms with Gasteiger partial charge in [-0.05, 0) is 6.42 Å². The molecule has 5 heteroatoms. The fraction of sp³-hybridized carbons (Fsp3) is 0.667. The van der Waals surface area contributed by atoms with Crippen molar-refractivity contribution < 1.29 is 13.2 Å². The third-order valence-corrected chi connectivity index (χ3v) is 1.23. The van der Waals surface area contributed by atoms with Crippen LogP contribution in [0.4, 0.5) is 13.2 Å². The van der Waals surface area contributed by atoms with Crippen molar-refractivity contribution in [2.45, 2.75) is 12.6 Å². The quantitative estimate of drug-likeness (QED) is 0.518. The molecular weight excluding hydrogens is 157 g/mol. The molecule has 0 atom stereocenters. The van der Waals surface area contributed by atoms with E-state index in [1.54, 1.807) is 0 Å². The first-order chi connectivity index (χ1) is 5.11. The van der Waals surface area contributed by atoms with Gasteiger partial charge in [-0.15, -0.1) is 0 Å². The van der Waals surface area contributed by atoms with Gasteiger partial charge in [0.2, 0.25) is 0 Å². The highest BCUT2D eigenvalue weighted by Gasteiger charge is 2.34. The van der Waals surface area contributed by atoms with Gasteiger partial charge < -0.3 is 0 Å². The maximum atomic E-state index is 11.9. The number of nitrogens with zero attached hydrogens (tertiary/aromatic N) is 2. The summed E-state index contributed by atoms with van der Waals surface area (Å²) in [6, 6.07) is 0. The molecule has 0 aliphatic carbocycles. The second-order valence-corrected chi connectivity index (χ2v) is 2.15. The fourth-order valence-corrected chi connectivity index (χ4v) is 0.716. The van der Waals surface area contributed by atoms with E-state index in [0.29, 0.717) is 13.0 Å². The van der Waals surface area contributed by atoms with Gasteiger partial charge in [0.1, 0.15) is 0 Å². The van der Waals surface area contributed by atoms with E-state index in [1.165, 1.54) is 0 Å². The van der Waals surface area contributed by atoms with E-state index < -0.39 is 11.9 Å². The van der Waals surface area contributed by atoms with E-state index in [0.717, 1.165) is 6.21 Å². The molecule has 1 heterocycles. The van der Waals surface area contributed by atoms with Crippen molar-refractivity contribution in [3.05, 3.63) is 0 Å². The van der Waals surface area contributed by atoms with Crippen LogP contribution in [0.25, 0.3) is 0 Å². The summed E-state index contributed by atoms with van der Waals surface area (Å²) in [7, 11) is 0. The summed E-state index contributed by atoms with van der Waals surface area (Å²) < 4.78 is 35.7. The van der Waals surface area contributed by atoms with Crippen LogP contribution >= 0.6 is 0 Å². The zero-order valence-corrected chi connectivity index (χ0v) is 5.73. The van der Waals surface area contributed by atoms with Crippen LogP contribution in [-0.4, -0.2) is 31.2 Å². The standard InChI is InChI=1S/C6H7F3N2/c7-6(8,9)5-4-10-2-1-3-11-5/h4H,1-3H2. The molecule has 0 N–H and O–H groups in total. The Morgan fingerprint density at radius 2 is 2.00 bits per heavy atom. The first-order valence-corrected chi connectivity index (χ1v) is 3.22. The van der Waals surface area contributed by atoms with Crippen LogP contribution in [-0.2, 0) is 0 Å². The lowest BCUT2D eigenvalue weighted by Gasteiger charge is -2.03. The van der Waals surface area contributed by atoms with Gasteiger partial charge in [-0.2, -0.15) is 13.2 Å². The number of aliphatic imine (C=N–C) groups is 2. The number of hydrogen-bond acceptors (Lipinski definition) is 2. The van der Waals surface area contributed by atoms with Crippen LogP contribution in [0, 0.1) is 0 Å². The van der Waals surface area contributed by atoms with E-state index >= 15 is 0 Å². The molecule has 1 aliphatic heterocycles. The number of hydrogen-bond donors (Lipinski definition) is 0. The summed E-state index contributed by atoms with van der Waals surface area (Å²) in [4.78, 5) is 6.88. The lowest BCUT2D eigenvalue weighted by Crippen LogP contribution is -2.24.